The van der Waals surface area contributed by atoms with E-state index in [1.807, 2.05) is 6.92 Å². The Hall–Kier alpha value is -1.07. The fraction of sp³-hybridized carbons (Fsp3) is 0.167. The maximum absolute atomic E-state index is 11.8. The van der Waals surface area contributed by atoms with Gasteiger partial charge in [-0.15, -0.1) is 0 Å². The van der Waals surface area contributed by atoms with Crippen molar-refractivity contribution in [2.45, 2.75) is 11.8 Å². The second-order valence-corrected chi connectivity index (χ2v) is 6.51. The molecule has 0 fully saturated rings. The van der Waals surface area contributed by atoms with E-state index in [4.69, 9.17) is 0 Å². The van der Waals surface area contributed by atoms with Crippen LogP contribution in [0.2, 0.25) is 0 Å². The molecule has 1 N–H and O–H groups in total. The number of benzene rings is 1. The average Bonchev–Trinajstić information content (AvgIpc) is 2.25. The smallest absolute Gasteiger partial charge is 0.201 e. The maximum Gasteiger partial charge on any atom is 0.201 e. The molecule has 0 aliphatic rings. The van der Waals surface area contributed by atoms with Gasteiger partial charge in [-0.05, 0) is 19.1 Å². The number of hydrogen-bond donors (Lipinski definition) is 1. The van der Waals surface area contributed by atoms with Crippen LogP contribution in [0.25, 0.3) is 0 Å². The summed E-state index contributed by atoms with van der Waals surface area (Å²) in [6.07, 6.45) is 1.40. The van der Waals surface area contributed by atoms with E-state index in [-0.39, 0.29) is 0 Å². The van der Waals surface area contributed by atoms with E-state index >= 15 is 0 Å². The summed E-state index contributed by atoms with van der Waals surface area (Å²) in [7, 11) is -3.36. The number of sulfone groups is 1. The lowest BCUT2D eigenvalue weighted by Crippen LogP contribution is -2.07. The minimum absolute atomic E-state index is 0.291. The van der Waals surface area contributed by atoms with Crippen molar-refractivity contribution in [1.82, 2.24) is 5.32 Å². The molecule has 0 aliphatic carbocycles. The molecule has 1 aromatic rings. The van der Waals surface area contributed by atoms with E-state index in [2.05, 4.69) is 27.8 Å². The number of aryl methyl sites for hydroxylation is 1. The van der Waals surface area contributed by atoms with Gasteiger partial charge in [-0.3, -0.25) is 0 Å². The molecule has 1 rings (SSSR count). The summed E-state index contributed by atoms with van der Waals surface area (Å²) in [5, 5.41) is 3.96. The van der Waals surface area contributed by atoms with Gasteiger partial charge >= 0.3 is 0 Å². The zero-order valence-electron chi connectivity index (χ0n) is 9.48. The Labute approximate surface area is 110 Å². The van der Waals surface area contributed by atoms with Crippen LogP contribution >= 0.6 is 15.9 Å². The van der Waals surface area contributed by atoms with Crippen molar-refractivity contribution < 1.29 is 8.42 Å². The number of halogens is 1. The van der Waals surface area contributed by atoms with Crippen molar-refractivity contribution in [2.24, 2.45) is 0 Å². The average molecular weight is 316 g/mol. The Kier molecular flexibility index (Phi) is 4.96. The van der Waals surface area contributed by atoms with Crippen molar-refractivity contribution in [3.8, 4) is 0 Å². The fourth-order valence-electron chi connectivity index (χ4n) is 1.11. The highest BCUT2D eigenvalue weighted by Crippen LogP contribution is 2.12. The third-order valence-corrected chi connectivity index (χ3v) is 3.71. The van der Waals surface area contributed by atoms with Crippen LogP contribution in [0.4, 0.5) is 0 Å². The fourth-order valence-corrected chi connectivity index (χ4v) is 2.22. The summed E-state index contributed by atoms with van der Waals surface area (Å²) >= 11 is 3.17. The van der Waals surface area contributed by atoms with Crippen LogP contribution in [0.3, 0.4) is 0 Å². The topological polar surface area (TPSA) is 46.2 Å². The summed E-state index contributed by atoms with van der Waals surface area (Å²) in [4.78, 5) is 0.291. The van der Waals surface area contributed by atoms with Gasteiger partial charge in [-0.1, -0.05) is 40.2 Å². The molecule has 0 amide bonds. The molecule has 0 unspecified atom stereocenters. The molecule has 17 heavy (non-hydrogen) atoms. The number of nitrogens with one attached hydrogen (secondary N) is 1. The highest BCUT2D eigenvalue weighted by Gasteiger charge is 2.08. The van der Waals surface area contributed by atoms with Gasteiger partial charge < -0.3 is 5.32 Å². The maximum atomic E-state index is 11.8. The lowest BCUT2D eigenvalue weighted by atomic mass is 10.2. The monoisotopic (exact) mass is 315 g/mol. The second-order valence-electron chi connectivity index (χ2n) is 3.56. The molecule has 0 saturated heterocycles. The predicted octanol–water partition coefficient (Wildman–Crippen LogP) is 2.74. The lowest BCUT2D eigenvalue weighted by Gasteiger charge is -2.00. The molecule has 0 bridgehead atoms. The zero-order valence-corrected chi connectivity index (χ0v) is 11.9. The Balaban J connectivity index is 2.75. The van der Waals surface area contributed by atoms with Gasteiger partial charge in [0.15, 0.2) is 0 Å². The highest BCUT2D eigenvalue weighted by atomic mass is 79.9. The summed E-state index contributed by atoms with van der Waals surface area (Å²) in [6, 6.07) is 6.74. The highest BCUT2D eigenvalue weighted by molar-refractivity contribution is 9.11. The Morgan fingerprint density at radius 1 is 1.41 bits per heavy atom. The van der Waals surface area contributed by atoms with E-state index in [1.165, 1.54) is 6.20 Å². The van der Waals surface area contributed by atoms with Gasteiger partial charge in [-0.25, -0.2) is 8.42 Å². The third kappa shape index (κ3) is 4.75. The summed E-state index contributed by atoms with van der Waals surface area (Å²) in [6.45, 7) is 6.03. The van der Waals surface area contributed by atoms with Gasteiger partial charge in [-0.2, -0.15) is 0 Å². The molecule has 0 heterocycles. The molecule has 0 aromatic heterocycles. The predicted molar refractivity (Wildman–Crippen MR) is 73.6 cm³/mol. The Morgan fingerprint density at radius 3 is 2.53 bits per heavy atom. The van der Waals surface area contributed by atoms with E-state index < -0.39 is 9.84 Å². The van der Waals surface area contributed by atoms with Crippen LogP contribution in [0, 0.1) is 6.92 Å². The van der Waals surface area contributed by atoms with Gasteiger partial charge in [0.2, 0.25) is 9.84 Å². The van der Waals surface area contributed by atoms with Crippen LogP contribution in [-0.4, -0.2) is 15.0 Å². The molecule has 0 atom stereocenters. The van der Waals surface area contributed by atoms with Gasteiger partial charge in [0, 0.05) is 17.2 Å². The molecule has 0 saturated carbocycles. The summed E-state index contributed by atoms with van der Waals surface area (Å²) in [5.74, 6) is 0. The standard InChI is InChI=1S/C12H14BrNO2S/c1-10-3-5-12(6-4-10)17(15,16)8-7-14-9-11(2)13/h3-8,14H,2,9H2,1H3/b8-7+. The SMILES string of the molecule is C=C(Br)CN/C=C/S(=O)(=O)c1ccc(C)cc1. The molecule has 92 valence electrons. The summed E-state index contributed by atoms with van der Waals surface area (Å²) in [5.41, 5.74) is 1.03. The molecular weight excluding hydrogens is 302 g/mol. The first-order valence-corrected chi connectivity index (χ1v) is 7.31. The minimum atomic E-state index is -3.36. The van der Waals surface area contributed by atoms with Crippen LogP contribution in [0.5, 0.6) is 0 Å². The second kappa shape index (κ2) is 6.02. The first kappa shape index (κ1) is 14.0. The number of rotatable bonds is 5. The van der Waals surface area contributed by atoms with Crippen molar-refractivity contribution in [3.05, 3.63) is 52.5 Å². The summed E-state index contributed by atoms with van der Waals surface area (Å²) < 4.78 is 24.4. The molecule has 0 aliphatic heterocycles. The zero-order chi connectivity index (χ0) is 12.9. The van der Waals surface area contributed by atoms with E-state index in [9.17, 15) is 8.42 Å². The largest absolute Gasteiger partial charge is 0.386 e. The molecule has 0 spiro atoms. The van der Waals surface area contributed by atoms with Crippen LogP contribution in [-0.2, 0) is 9.84 Å². The van der Waals surface area contributed by atoms with Crippen molar-refractivity contribution in [1.29, 1.82) is 0 Å². The van der Waals surface area contributed by atoms with E-state index in [1.54, 1.807) is 24.3 Å². The van der Waals surface area contributed by atoms with E-state index in [0.29, 0.717) is 11.4 Å². The van der Waals surface area contributed by atoms with Gasteiger partial charge in [0.25, 0.3) is 0 Å². The first-order chi connectivity index (χ1) is 7.92. The third-order valence-electron chi connectivity index (χ3n) is 2.01. The molecule has 3 nitrogen and oxygen atoms in total. The van der Waals surface area contributed by atoms with Crippen molar-refractivity contribution in [2.75, 3.05) is 6.54 Å². The van der Waals surface area contributed by atoms with Crippen LogP contribution in [0.1, 0.15) is 5.56 Å². The van der Waals surface area contributed by atoms with E-state index in [0.717, 1.165) is 15.5 Å². The molecular formula is C12H14BrNO2S. The quantitative estimate of drug-likeness (QED) is 0.908. The van der Waals surface area contributed by atoms with Crippen molar-refractivity contribution >= 4 is 25.8 Å². The van der Waals surface area contributed by atoms with Gasteiger partial charge in [0.05, 0.1) is 10.3 Å². The van der Waals surface area contributed by atoms with Crippen LogP contribution < -0.4 is 5.32 Å². The first-order valence-electron chi connectivity index (χ1n) is 4.97. The molecule has 5 heteroatoms. The number of hydrogen-bond acceptors (Lipinski definition) is 3. The molecule has 0 radical (unpaired) electrons. The van der Waals surface area contributed by atoms with Crippen molar-refractivity contribution in [3.63, 3.8) is 0 Å². The van der Waals surface area contributed by atoms with Gasteiger partial charge in [0.1, 0.15) is 0 Å². The van der Waals surface area contributed by atoms with Crippen LogP contribution in [0.15, 0.2) is 51.8 Å². The minimum Gasteiger partial charge on any atom is -0.386 e. The molecule has 1 aromatic carbocycles. The lowest BCUT2D eigenvalue weighted by molar-refractivity contribution is 0.604. The normalized spacial score (nSPS) is 11.6. The Morgan fingerprint density at radius 2 is 2.00 bits per heavy atom. The Bertz CT molecular complexity index is 518.